The molecule has 9 heteroatoms. The molecule has 0 aromatic heterocycles. The van der Waals surface area contributed by atoms with Crippen molar-refractivity contribution in [3.8, 4) is 0 Å². The minimum atomic E-state index is -1.53. The Morgan fingerprint density at radius 2 is 1.35 bits per heavy atom. The van der Waals surface area contributed by atoms with Crippen LogP contribution in [-0.4, -0.2) is 54.1 Å². The second-order valence-corrected chi connectivity index (χ2v) is 12.2. The predicted molar refractivity (Wildman–Crippen MR) is 130 cm³/mol. The molecule has 0 aliphatic heterocycles. The number of carbonyl (C=O) groups excluding carboxylic acids is 5. The molecule has 0 aromatic carbocycles. The molecule has 0 radical (unpaired) electrons. The van der Waals surface area contributed by atoms with Crippen molar-refractivity contribution in [1.29, 1.82) is 0 Å². The van der Waals surface area contributed by atoms with Crippen LogP contribution in [0.1, 0.15) is 74.1 Å². The van der Waals surface area contributed by atoms with Gasteiger partial charge in [0.15, 0.2) is 5.78 Å². The highest BCUT2D eigenvalue weighted by atomic mass is 16.6. The summed E-state index contributed by atoms with van der Waals surface area (Å²) in [6.07, 6.45) is -1.44. The fraction of sp³-hybridized carbons (Fsp3) is 0.750. The lowest BCUT2D eigenvalue weighted by Gasteiger charge is -2.67. The Bertz CT molecular complexity index is 1060. The van der Waals surface area contributed by atoms with Crippen molar-refractivity contribution in [2.45, 2.75) is 98.6 Å². The van der Waals surface area contributed by atoms with Crippen LogP contribution >= 0.6 is 0 Å². The second kappa shape index (κ2) is 8.95. The normalized spacial score (nSPS) is 41.6. The Morgan fingerprint density at radius 1 is 0.811 bits per heavy atom. The number of Topliss-reactive ketones (excluding diaryl/α,β-unsaturated/α-hetero) is 1. The summed E-state index contributed by atoms with van der Waals surface area (Å²) < 4.78 is 23.7. The summed E-state index contributed by atoms with van der Waals surface area (Å²) in [7, 11) is 0. The first-order chi connectivity index (χ1) is 17.1. The molecule has 9 nitrogen and oxygen atoms in total. The van der Waals surface area contributed by atoms with E-state index in [1.165, 1.54) is 27.7 Å². The Morgan fingerprint density at radius 3 is 1.89 bits per heavy atom. The highest BCUT2D eigenvalue weighted by molar-refractivity contribution is 6.05. The fourth-order valence-corrected chi connectivity index (χ4v) is 8.69. The molecule has 9 atom stereocenters. The Kier molecular flexibility index (Phi) is 6.61. The van der Waals surface area contributed by atoms with Gasteiger partial charge in [-0.15, -0.1) is 0 Å². The Hall–Kier alpha value is -2.71. The summed E-state index contributed by atoms with van der Waals surface area (Å²) in [6.45, 7) is 15.5. The number of ether oxygens (including phenoxy) is 4. The Labute approximate surface area is 217 Å². The molecule has 1 spiro atoms. The maximum absolute atomic E-state index is 14.3. The van der Waals surface area contributed by atoms with E-state index in [1.54, 1.807) is 0 Å². The first kappa shape index (κ1) is 27.3. The van der Waals surface area contributed by atoms with Crippen molar-refractivity contribution >= 4 is 29.7 Å². The van der Waals surface area contributed by atoms with Crippen molar-refractivity contribution in [1.82, 2.24) is 0 Å². The molecule has 4 rings (SSSR count). The van der Waals surface area contributed by atoms with E-state index in [9.17, 15) is 24.0 Å². The van der Waals surface area contributed by atoms with Crippen LogP contribution in [0.2, 0.25) is 0 Å². The van der Waals surface area contributed by atoms with Gasteiger partial charge in [-0.1, -0.05) is 27.4 Å². The summed E-state index contributed by atoms with van der Waals surface area (Å²) >= 11 is 0. The average Bonchev–Trinajstić information content (AvgIpc) is 2.87. The number of carbonyl (C=O) groups is 5. The SMILES string of the molecule is C=C1C(=O)[C@@]23[C@H](OC(C)=O)[C@H]1C[C@H](OC(C)=O)[C@H]2[C@@]1(C)[C@H](C[C@H]3OC(C)=O)C(C)(C)CC[C@H]1OC(C)=O. The molecule has 204 valence electrons. The average molecular weight is 519 g/mol. The minimum absolute atomic E-state index is 0.174. The molecular weight excluding hydrogens is 480 g/mol. The van der Waals surface area contributed by atoms with E-state index in [2.05, 4.69) is 20.4 Å². The topological polar surface area (TPSA) is 122 Å². The van der Waals surface area contributed by atoms with E-state index in [0.29, 0.717) is 12.8 Å². The molecule has 2 bridgehead atoms. The summed E-state index contributed by atoms with van der Waals surface area (Å²) in [5.74, 6) is -3.98. The van der Waals surface area contributed by atoms with E-state index in [-0.39, 0.29) is 29.1 Å². The third-order valence-corrected chi connectivity index (χ3v) is 9.66. The molecule has 0 N–H and O–H groups in total. The lowest BCUT2D eigenvalue weighted by atomic mass is 9.38. The van der Waals surface area contributed by atoms with Gasteiger partial charge >= 0.3 is 23.9 Å². The monoisotopic (exact) mass is 518 g/mol. The third kappa shape index (κ3) is 3.91. The second-order valence-electron chi connectivity index (χ2n) is 12.2. The van der Waals surface area contributed by atoms with Crippen molar-refractivity contribution in [3.05, 3.63) is 12.2 Å². The molecule has 37 heavy (non-hydrogen) atoms. The van der Waals surface area contributed by atoms with E-state index >= 15 is 0 Å². The van der Waals surface area contributed by atoms with E-state index < -0.39 is 71.0 Å². The lowest BCUT2D eigenvalue weighted by Crippen LogP contribution is -2.74. The van der Waals surface area contributed by atoms with Gasteiger partial charge in [0.1, 0.15) is 29.8 Å². The van der Waals surface area contributed by atoms with Crippen LogP contribution in [0, 0.1) is 34.0 Å². The predicted octanol–water partition coefficient (Wildman–Crippen LogP) is 3.32. The fourth-order valence-electron chi connectivity index (χ4n) is 8.69. The molecule has 4 aliphatic carbocycles. The van der Waals surface area contributed by atoms with Crippen LogP contribution < -0.4 is 0 Å². The van der Waals surface area contributed by atoms with Crippen LogP contribution in [0.5, 0.6) is 0 Å². The molecule has 4 saturated carbocycles. The lowest BCUT2D eigenvalue weighted by molar-refractivity contribution is -0.283. The third-order valence-electron chi connectivity index (χ3n) is 9.66. The largest absolute Gasteiger partial charge is 0.462 e. The number of esters is 4. The number of rotatable bonds is 4. The molecule has 4 fully saturated rings. The van der Waals surface area contributed by atoms with Gasteiger partial charge in [0.05, 0.1) is 0 Å². The zero-order valence-electron chi connectivity index (χ0n) is 22.8. The number of hydrogen-bond donors (Lipinski definition) is 0. The standard InChI is InChI=1S/C28H38O9/c1-13-18-11-19(34-14(2)29)23-27(8)20(26(6,7)10-9-21(27)35-15(3)30)12-22(36-16(4)31)28(23,24(13)33)25(18)37-17(5)32/h18-23,25H,1,9-12H2,2-8H3/t18-,19-,20+,21+,22+,23-,25+,27-,28-/m0/s1. The number of fused-ring (bicyclic) bond motifs is 3. The van der Waals surface area contributed by atoms with Crippen LogP contribution in [0.3, 0.4) is 0 Å². The van der Waals surface area contributed by atoms with E-state index in [4.69, 9.17) is 18.9 Å². The maximum atomic E-state index is 14.3. The first-order valence-electron chi connectivity index (χ1n) is 13.0. The molecule has 0 heterocycles. The minimum Gasteiger partial charge on any atom is -0.462 e. The maximum Gasteiger partial charge on any atom is 0.302 e. The van der Waals surface area contributed by atoms with Gasteiger partial charge < -0.3 is 18.9 Å². The number of hydrogen-bond acceptors (Lipinski definition) is 9. The molecule has 0 aromatic rings. The van der Waals surface area contributed by atoms with Crippen LogP contribution in [0.4, 0.5) is 0 Å². The molecule has 4 aliphatic rings. The van der Waals surface area contributed by atoms with Crippen LogP contribution in [0.15, 0.2) is 12.2 Å². The van der Waals surface area contributed by atoms with Crippen LogP contribution in [0.25, 0.3) is 0 Å². The highest BCUT2D eigenvalue weighted by Crippen LogP contribution is 2.72. The van der Waals surface area contributed by atoms with E-state index in [1.807, 2.05) is 6.92 Å². The van der Waals surface area contributed by atoms with Gasteiger partial charge in [0, 0.05) is 44.9 Å². The summed E-state index contributed by atoms with van der Waals surface area (Å²) in [4.78, 5) is 63.8. The van der Waals surface area contributed by atoms with Crippen molar-refractivity contribution in [2.24, 2.45) is 34.0 Å². The molecule has 0 amide bonds. The van der Waals surface area contributed by atoms with Crippen molar-refractivity contribution in [2.75, 3.05) is 0 Å². The molecule has 0 unspecified atom stereocenters. The Balaban J connectivity index is 2.05. The molecule has 0 saturated heterocycles. The number of ketones is 1. The summed E-state index contributed by atoms with van der Waals surface area (Å²) in [6, 6.07) is 0. The highest BCUT2D eigenvalue weighted by Gasteiger charge is 2.80. The van der Waals surface area contributed by atoms with Crippen molar-refractivity contribution in [3.63, 3.8) is 0 Å². The van der Waals surface area contributed by atoms with Gasteiger partial charge in [0.2, 0.25) is 0 Å². The summed E-state index contributed by atoms with van der Waals surface area (Å²) in [5.41, 5.74) is -2.41. The van der Waals surface area contributed by atoms with Crippen LogP contribution in [-0.2, 0) is 42.9 Å². The van der Waals surface area contributed by atoms with Gasteiger partial charge in [-0.05, 0) is 42.6 Å². The molecular formula is C28H38O9. The quantitative estimate of drug-likeness (QED) is 0.313. The van der Waals surface area contributed by atoms with Gasteiger partial charge in [-0.3, -0.25) is 24.0 Å². The summed E-state index contributed by atoms with van der Waals surface area (Å²) in [5, 5.41) is 0. The van der Waals surface area contributed by atoms with Gasteiger partial charge in [-0.2, -0.15) is 0 Å². The smallest absolute Gasteiger partial charge is 0.302 e. The van der Waals surface area contributed by atoms with Crippen molar-refractivity contribution < 1.29 is 42.9 Å². The zero-order valence-corrected chi connectivity index (χ0v) is 22.8. The zero-order chi connectivity index (χ0) is 27.7. The van der Waals surface area contributed by atoms with E-state index in [0.717, 1.165) is 6.42 Å². The first-order valence-corrected chi connectivity index (χ1v) is 13.0. The van der Waals surface area contributed by atoms with Gasteiger partial charge in [-0.25, -0.2) is 0 Å². The van der Waals surface area contributed by atoms with Gasteiger partial charge in [0.25, 0.3) is 0 Å².